The Morgan fingerprint density at radius 2 is 2.00 bits per heavy atom. The minimum atomic E-state index is -0.341. The SMILES string of the molecule is CN(C(=O)CSc1nc2ccsc2c(=O)n1Cc1ccc(F)cc1)c1cccc(Cl)c1. The zero-order valence-electron chi connectivity index (χ0n) is 16.4. The van der Waals surface area contributed by atoms with Crippen molar-refractivity contribution in [3.63, 3.8) is 0 Å². The Morgan fingerprint density at radius 1 is 1.23 bits per heavy atom. The average molecular weight is 474 g/mol. The molecule has 0 saturated carbocycles. The van der Waals surface area contributed by atoms with Gasteiger partial charge in [-0.15, -0.1) is 11.3 Å². The summed E-state index contributed by atoms with van der Waals surface area (Å²) in [4.78, 5) is 31.9. The lowest BCUT2D eigenvalue weighted by atomic mass is 10.2. The zero-order valence-corrected chi connectivity index (χ0v) is 18.8. The molecule has 4 aromatic rings. The molecule has 0 N–H and O–H groups in total. The molecule has 0 aliphatic heterocycles. The van der Waals surface area contributed by atoms with E-state index in [4.69, 9.17) is 11.6 Å². The first kappa shape index (κ1) is 21.5. The number of amides is 1. The van der Waals surface area contributed by atoms with Crippen LogP contribution < -0.4 is 10.5 Å². The van der Waals surface area contributed by atoms with Gasteiger partial charge in [-0.1, -0.05) is 41.6 Å². The average Bonchev–Trinajstić information content (AvgIpc) is 3.24. The van der Waals surface area contributed by atoms with Gasteiger partial charge in [0, 0.05) is 17.8 Å². The maximum Gasteiger partial charge on any atom is 0.272 e. The lowest BCUT2D eigenvalue weighted by molar-refractivity contribution is -0.115. The lowest BCUT2D eigenvalue weighted by Crippen LogP contribution is -2.29. The number of rotatable bonds is 6. The number of carbonyl (C=O) groups is 1. The molecule has 0 spiro atoms. The normalized spacial score (nSPS) is 11.1. The van der Waals surface area contributed by atoms with Crippen LogP contribution in [0.3, 0.4) is 0 Å². The van der Waals surface area contributed by atoms with Crippen molar-refractivity contribution < 1.29 is 9.18 Å². The number of carbonyl (C=O) groups excluding carboxylic acids is 1. The molecule has 2 aromatic heterocycles. The topological polar surface area (TPSA) is 55.2 Å². The number of halogens is 2. The summed E-state index contributed by atoms with van der Waals surface area (Å²) in [5.41, 5.74) is 1.87. The summed E-state index contributed by atoms with van der Waals surface area (Å²) in [6.07, 6.45) is 0. The van der Waals surface area contributed by atoms with Crippen molar-refractivity contribution in [3.05, 3.63) is 86.7 Å². The summed E-state index contributed by atoms with van der Waals surface area (Å²) in [5.74, 6) is -0.401. The third kappa shape index (κ3) is 4.81. The van der Waals surface area contributed by atoms with Crippen LogP contribution in [0.4, 0.5) is 10.1 Å². The number of thioether (sulfide) groups is 1. The predicted molar refractivity (Wildman–Crippen MR) is 125 cm³/mol. The molecule has 31 heavy (non-hydrogen) atoms. The number of hydrogen-bond acceptors (Lipinski definition) is 5. The molecule has 0 bridgehead atoms. The largest absolute Gasteiger partial charge is 0.315 e. The highest BCUT2D eigenvalue weighted by molar-refractivity contribution is 7.99. The van der Waals surface area contributed by atoms with Crippen LogP contribution in [-0.2, 0) is 11.3 Å². The summed E-state index contributed by atoms with van der Waals surface area (Å²) < 4.78 is 15.3. The van der Waals surface area contributed by atoms with Crippen LogP contribution in [0.1, 0.15) is 5.56 Å². The van der Waals surface area contributed by atoms with Crippen LogP contribution in [-0.4, -0.2) is 28.3 Å². The Labute approximate surface area is 191 Å². The van der Waals surface area contributed by atoms with Gasteiger partial charge >= 0.3 is 0 Å². The minimum Gasteiger partial charge on any atom is -0.315 e. The van der Waals surface area contributed by atoms with Crippen LogP contribution in [0.25, 0.3) is 10.2 Å². The van der Waals surface area contributed by atoms with Crippen molar-refractivity contribution in [2.75, 3.05) is 17.7 Å². The summed E-state index contributed by atoms with van der Waals surface area (Å²) in [6.45, 7) is 0.237. The molecule has 2 aromatic carbocycles. The van der Waals surface area contributed by atoms with Crippen molar-refractivity contribution in [1.29, 1.82) is 0 Å². The third-order valence-electron chi connectivity index (χ3n) is 4.68. The molecule has 0 fully saturated rings. The first-order chi connectivity index (χ1) is 14.9. The van der Waals surface area contributed by atoms with Gasteiger partial charge in [-0.05, 0) is 47.3 Å². The second kappa shape index (κ2) is 9.21. The predicted octanol–water partition coefficient (Wildman–Crippen LogP) is 5.05. The van der Waals surface area contributed by atoms with E-state index in [9.17, 15) is 14.0 Å². The van der Waals surface area contributed by atoms with E-state index in [-0.39, 0.29) is 29.6 Å². The van der Waals surface area contributed by atoms with Crippen molar-refractivity contribution in [2.24, 2.45) is 0 Å². The first-order valence-electron chi connectivity index (χ1n) is 9.30. The van der Waals surface area contributed by atoms with E-state index < -0.39 is 0 Å². The van der Waals surface area contributed by atoms with E-state index in [0.29, 0.717) is 26.1 Å². The molecule has 9 heteroatoms. The minimum absolute atomic E-state index is 0.0918. The number of nitrogens with zero attached hydrogens (tertiary/aromatic N) is 3. The highest BCUT2D eigenvalue weighted by atomic mass is 35.5. The van der Waals surface area contributed by atoms with E-state index in [1.165, 1.54) is 44.7 Å². The summed E-state index contributed by atoms with van der Waals surface area (Å²) in [6, 6.07) is 14.8. The summed E-state index contributed by atoms with van der Waals surface area (Å²) in [5, 5.41) is 2.80. The lowest BCUT2D eigenvalue weighted by Gasteiger charge is -2.18. The molecular weight excluding hydrogens is 457 g/mol. The molecule has 0 atom stereocenters. The number of aromatic nitrogens is 2. The fraction of sp³-hybridized carbons (Fsp3) is 0.136. The molecular formula is C22H17ClFN3O2S2. The van der Waals surface area contributed by atoms with Crippen molar-refractivity contribution in [2.45, 2.75) is 11.7 Å². The molecule has 5 nitrogen and oxygen atoms in total. The zero-order chi connectivity index (χ0) is 22.0. The highest BCUT2D eigenvalue weighted by Gasteiger charge is 2.17. The number of fused-ring (bicyclic) bond motifs is 1. The molecule has 4 rings (SSSR count). The van der Waals surface area contributed by atoms with Crippen LogP contribution in [0, 0.1) is 5.82 Å². The Kier molecular flexibility index (Phi) is 6.41. The standard InChI is InChI=1S/C22H17ClFN3O2S2/c1-26(17-4-2-3-15(23)11-17)19(28)13-31-22-25-18-9-10-30-20(18)21(29)27(22)12-14-5-7-16(24)8-6-14/h2-11H,12-13H2,1H3. The Balaban J connectivity index is 1.61. The van der Waals surface area contributed by atoms with Gasteiger partial charge in [0.1, 0.15) is 10.5 Å². The van der Waals surface area contributed by atoms with Crippen molar-refractivity contribution in [3.8, 4) is 0 Å². The number of benzene rings is 2. The Hall–Kier alpha value is -2.68. The second-order valence-electron chi connectivity index (χ2n) is 6.77. The van der Waals surface area contributed by atoms with E-state index in [1.54, 1.807) is 49.5 Å². The molecule has 2 heterocycles. The molecule has 0 radical (unpaired) electrons. The summed E-state index contributed by atoms with van der Waals surface area (Å²) >= 11 is 8.54. The van der Waals surface area contributed by atoms with Crippen molar-refractivity contribution in [1.82, 2.24) is 9.55 Å². The molecule has 0 aliphatic carbocycles. The molecule has 0 aliphatic rings. The third-order valence-corrected chi connectivity index (χ3v) is 6.77. The Morgan fingerprint density at radius 3 is 2.74 bits per heavy atom. The maximum absolute atomic E-state index is 13.3. The fourth-order valence-electron chi connectivity index (χ4n) is 3.00. The Bertz CT molecular complexity index is 1300. The highest BCUT2D eigenvalue weighted by Crippen LogP contribution is 2.24. The monoisotopic (exact) mass is 473 g/mol. The van der Waals surface area contributed by atoms with Crippen LogP contribution in [0.5, 0.6) is 0 Å². The van der Waals surface area contributed by atoms with Gasteiger partial charge in [-0.3, -0.25) is 14.2 Å². The molecule has 0 saturated heterocycles. The van der Waals surface area contributed by atoms with E-state index >= 15 is 0 Å². The first-order valence-corrected chi connectivity index (χ1v) is 11.5. The van der Waals surface area contributed by atoms with Gasteiger partial charge in [0.05, 0.1) is 17.8 Å². The number of thiophene rings is 1. The number of anilines is 1. The van der Waals surface area contributed by atoms with Gasteiger partial charge in [0.2, 0.25) is 5.91 Å². The van der Waals surface area contributed by atoms with E-state index in [1.807, 2.05) is 5.38 Å². The second-order valence-corrected chi connectivity index (χ2v) is 9.06. The maximum atomic E-state index is 13.3. The van der Waals surface area contributed by atoms with Crippen molar-refractivity contribution >= 4 is 56.5 Å². The smallest absolute Gasteiger partial charge is 0.272 e. The quantitative estimate of drug-likeness (QED) is 0.290. The molecule has 158 valence electrons. The summed E-state index contributed by atoms with van der Waals surface area (Å²) in [7, 11) is 1.68. The van der Waals surface area contributed by atoms with Crippen LogP contribution >= 0.6 is 34.7 Å². The van der Waals surface area contributed by atoms with Gasteiger partial charge in [-0.2, -0.15) is 0 Å². The van der Waals surface area contributed by atoms with E-state index in [0.717, 1.165) is 5.56 Å². The van der Waals surface area contributed by atoms with Crippen LogP contribution in [0.15, 0.2) is 69.9 Å². The van der Waals surface area contributed by atoms with E-state index in [2.05, 4.69) is 4.98 Å². The van der Waals surface area contributed by atoms with Gasteiger partial charge in [0.25, 0.3) is 5.56 Å². The molecule has 0 unspecified atom stereocenters. The van der Waals surface area contributed by atoms with Crippen LogP contribution in [0.2, 0.25) is 5.02 Å². The fourth-order valence-corrected chi connectivity index (χ4v) is 4.87. The molecule has 1 amide bonds. The van der Waals surface area contributed by atoms with Gasteiger partial charge in [0.15, 0.2) is 5.16 Å². The number of hydrogen-bond donors (Lipinski definition) is 0. The van der Waals surface area contributed by atoms with Gasteiger partial charge < -0.3 is 4.90 Å². The van der Waals surface area contributed by atoms with Gasteiger partial charge in [-0.25, -0.2) is 9.37 Å².